The lowest BCUT2D eigenvalue weighted by atomic mass is 9.83. The molecule has 1 aliphatic rings. The molecule has 4 nitrogen and oxygen atoms in total. The molecule has 0 bridgehead atoms. The fourth-order valence-corrected chi connectivity index (χ4v) is 3.72. The van der Waals surface area contributed by atoms with Crippen LogP contribution in [0.4, 0.5) is 11.5 Å². The minimum absolute atomic E-state index is 0.234. The normalized spacial score (nSPS) is 16.8. The van der Waals surface area contributed by atoms with Crippen molar-refractivity contribution in [2.75, 3.05) is 4.90 Å². The van der Waals surface area contributed by atoms with Gasteiger partial charge in [-0.2, -0.15) is 4.98 Å². The van der Waals surface area contributed by atoms with Crippen LogP contribution in [0.5, 0.6) is 0 Å². The van der Waals surface area contributed by atoms with Gasteiger partial charge in [-0.15, -0.1) is 0 Å². The molecule has 1 saturated carbocycles. The molecule has 1 aliphatic carbocycles. The van der Waals surface area contributed by atoms with E-state index in [1.807, 2.05) is 30.3 Å². The summed E-state index contributed by atoms with van der Waals surface area (Å²) < 4.78 is 1.49. The van der Waals surface area contributed by atoms with Crippen molar-refractivity contribution in [2.24, 2.45) is 13.0 Å². The summed E-state index contributed by atoms with van der Waals surface area (Å²) >= 11 is 6.05. The molecule has 0 spiro atoms. The number of halogens is 1. The Hall–Kier alpha value is -1.81. The Balaban J connectivity index is 2.00. The van der Waals surface area contributed by atoms with Crippen LogP contribution < -0.4 is 10.6 Å². The summed E-state index contributed by atoms with van der Waals surface area (Å²) in [5.74, 6) is 1.32. The van der Waals surface area contributed by atoms with Gasteiger partial charge in [0.2, 0.25) is 0 Å². The van der Waals surface area contributed by atoms with Gasteiger partial charge in [-0.05, 0) is 56.0 Å². The molecule has 0 unspecified atom stereocenters. The highest BCUT2D eigenvalue weighted by Gasteiger charge is 2.27. The summed E-state index contributed by atoms with van der Waals surface area (Å²) in [4.78, 5) is 18.5. The zero-order chi connectivity index (χ0) is 17.1. The highest BCUT2D eigenvalue weighted by atomic mass is 35.5. The first kappa shape index (κ1) is 17.0. The third kappa shape index (κ3) is 3.64. The maximum atomic E-state index is 12.0. The van der Waals surface area contributed by atoms with E-state index in [0.717, 1.165) is 5.69 Å². The Kier molecular flexibility index (Phi) is 5.24. The molecule has 1 fully saturated rings. The molecule has 0 saturated heterocycles. The lowest BCUT2D eigenvalue weighted by Gasteiger charge is -2.37. The van der Waals surface area contributed by atoms with Crippen LogP contribution in [0, 0.1) is 5.92 Å². The molecule has 0 radical (unpaired) electrons. The molecule has 0 aliphatic heterocycles. The molecule has 0 amide bonds. The number of hydrogen-bond donors (Lipinski definition) is 0. The van der Waals surface area contributed by atoms with E-state index in [1.54, 1.807) is 13.2 Å². The summed E-state index contributed by atoms with van der Waals surface area (Å²) in [6.07, 6.45) is 8.14. The van der Waals surface area contributed by atoms with Crippen molar-refractivity contribution >= 4 is 23.1 Å². The average molecular weight is 346 g/mol. The van der Waals surface area contributed by atoms with Gasteiger partial charge in [0.1, 0.15) is 5.82 Å². The van der Waals surface area contributed by atoms with E-state index in [0.29, 0.717) is 16.8 Å². The first-order valence-electron chi connectivity index (χ1n) is 8.65. The fourth-order valence-electron chi connectivity index (χ4n) is 3.60. The molecule has 5 heteroatoms. The van der Waals surface area contributed by atoms with Gasteiger partial charge in [0.25, 0.3) is 0 Å². The summed E-state index contributed by atoms with van der Waals surface area (Å²) in [5, 5.41) is 0.709. The van der Waals surface area contributed by atoms with Crippen LogP contribution in [0.1, 0.15) is 39.0 Å². The summed E-state index contributed by atoms with van der Waals surface area (Å²) in [7, 11) is 1.72. The monoisotopic (exact) mass is 345 g/mol. The largest absolute Gasteiger partial charge is 0.349 e. The van der Waals surface area contributed by atoms with E-state index in [1.165, 1.54) is 36.7 Å². The molecule has 1 aromatic heterocycles. The smallest absolute Gasteiger partial charge is 0.323 e. The molecule has 1 heterocycles. The summed E-state index contributed by atoms with van der Waals surface area (Å²) in [6, 6.07) is 9.97. The number of aromatic nitrogens is 2. The Bertz CT molecular complexity index is 735. The molecule has 0 N–H and O–H groups in total. The van der Waals surface area contributed by atoms with Gasteiger partial charge in [-0.25, -0.2) is 4.79 Å². The van der Waals surface area contributed by atoms with Gasteiger partial charge in [-0.3, -0.25) is 0 Å². The number of anilines is 2. The minimum atomic E-state index is -0.234. The zero-order valence-electron chi connectivity index (χ0n) is 14.3. The van der Waals surface area contributed by atoms with Crippen LogP contribution in [0.25, 0.3) is 0 Å². The Morgan fingerprint density at radius 1 is 1.17 bits per heavy atom. The Labute approximate surface area is 148 Å². The van der Waals surface area contributed by atoms with Crippen molar-refractivity contribution in [3.63, 3.8) is 0 Å². The second-order valence-electron chi connectivity index (χ2n) is 6.66. The zero-order valence-corrected chi connectivity index (χ0v) is 15.0. The van der Waals surface area contributed by atoms with E-state index < -0.39 is 0 Å². The molecule has 128 valence electrons. The molecule has 2 aromatic rings. The number of hydrogen-bond acceptors (Lipinski definition) is 3. The minimum Gasteiger partial charge on any atom is -0.323 e. The summed E-state index contributed by atoms with van der Waals surface area (Å²) in [5.41, 5.74) is 0.792. The van der Waals surface area contributed by atoms with Crippen molar-refractivity contribution in [1.82, 2.24) is 9.55 Å². The number of aryl methyl sites for hydroxylation is 1. The quantitative estimate of drug-likeness (QED) is 0.816. The van der Waals surface area contributed by atoms with Crippen LogP contribution in [0.3, 0.4) is 0 Å². The predicted molar refractivity (Wildman–Crippen MR) is 99.1 cm³/mol. The average Bonchev–Trinajstić information content (AvgIpc) is 2.60. The first-order valence-corrected chi connectivity index (χ1v) is 9.02. The standard InChI is InChI=1S/C19H24ClN3O/c1-14(15-6-4-3-5-7-15)23(17-10-8-16(20)9-11-17)18-12-13-22(2)19(24)21-18/h8-15H,3-7H2,1-2H3/t14-/m1/s1. The first-order chi connectivity index (χ1) is 11.6. The van der Waals surface area contributed by atoms with Crippen LogP contribution >= 0.6 is 11.6 Å². The Morgan fingerprint density at radius 3 is 2.46 bits per heavy atom. The maximum absolute atomic E-state index is 12.0. The lowest BCUT2D eigenvalue weighted by Crippen LogP contribution is -2.38. The second kappa shape index (κ2) is 7.39. The van der Waals surface area contributed by atoms with Gasteiger partial charge in [0.15, 0.2) is 0 Å². The van der Waals surface area contributed by atoms with Gasteiger partial charge in [0.05, 0.1) is 0 Å². The Morgan fingerprint density at radius 2 is 1.83 bits per heavy atom. The highest BCUT2D eigenvalue weighted by Crippen LogP contribution is 2.35. The van der Waals surface area contributed by atoms with Crippen molar-refractivity contribution in [2.45, 2.75) is 45.1 Å². The lowest BCUT2D eigenvalue weighted by molar-refractivity contribution is 0.314. The van der Waals surface area contributed by atoms with Gasteiger partial charge >= 0.3 is 5.69 Å². The predicted octanol–water partition coefficient (Wildman–Crippen LogP) is 4.54. The van der Waals surface area contributed by atoms with E-state index >= 15 is 0 Å². The molecular formula is C19H24ClN3O. The van der Waals surface area contributed by atoms with Crippen molar-refractivity contribution in [3.05, 3.63) is 52.0 Å². The van der Waals surface area contributed by atoms with Crippen molar-refractivity contribution in [3.8, 4) is 0 Å². The number of rotatable bonds is 4. The maximum Gasteiger partial charge on any atom is 0.349 e. The van der Waals surface area contributed by atoms with Crippen LogP contribution in [0.2, 0.25) is 5.02 Å². The SMILES string of the molecule is C[C@H](C1CCCCC1)N(c1ccc(Cl)cc1)c1ccn(C)c(=O)n1. The van der Waals surface area contributed by atoms with Crippen LogP contribution in [-0.4, -0.2) is 15.6 Å². The van der Waals surface area contributed by atoms with Crippen molar-refractivity contribution in [1.29, 1.82) is 0 Å². The van der Waals surface area contributed by atoms with Gasteiger partial charge in [-0.1, -0.05) is 30.9 Å². The topological polar surface area (TPSA) is 38.1 Å². The van der Waals surface area contributed by atoms with E-state index in [4.69, 9.17) is 11.6 Å². The van der Waals surface area contributed by atoms with Crippen LogP contribution in [0.15, 0.2) is 41.3 Å². The molecular weight excluding hydrogens is 322 g/mol. The van der Waals surface area contributed by atoms with Gasteiger partial charge in [0, 0.05) is 30.0 Å². The summed E-state index contributed by atoms with van der Waals surface area (Å²) in [6.45, 7) is 2.24. The molecule has 3 rings (SSSR count). The second-order valence-corrected chi connectivity index (χ2v) is 7.10. The molecule has 24 heavy (non-hydrogen) atoms. The van der Waals surface area contributed by atoms with E-state index in [9.17, 15) is 4.79 Å². The number of nitrogens with zero attached hydrogens (tertiary/aromatic N) is 3. The van der Waals surface area contributed by atoms with E-state index in [-0.39, 0.29) is 11.7 Å². The van der Waals surface area contributed by atoms with E-state index in [2.05, 4.69) is 16.8 Å². The van der Waals surface area contributed by atoms with Crippen molar-refractivity contribution < 1.29 is 0 Å². The fraction of sp³-hybridized carbons (Fsp3) is 0.474. The molecule has 1 aromatic carbocycles. The van der Waals surface area contributed by atoms with Crippen LogP contribution in [-0.2, 0) is 7.05 Å². The third-order valence-electron chi connectivity index (χ3n) is 5.05. The third-order valence-corrected chi connectivity index (χ3v) is 5.30. The van der Waals surface area contributed by atoms with Gasteiger partial charge < -0.3 is 9.47 Å². The highest BCUT2D eigenvalue weighted by molar-refractivity contribution is 6.30. The number of benzene rings is 1. The molecule has 1 atom stereocenters.